The summed E-state index contributed by atoms with van der Waals surface area (Å²) in [6.07, 6.45) is -5.82. The average molecular weight is 1910 g/mol. The monoisotopic (exact) mass is 1910 g/mol. The van der Waals surface area contributed by atoms with Crippen LogP contribution in [0, 0.1) is 29.1 Å². The van der Waals surface area contributed by atoms with Gasteiger partial charge in [-0.1, -0.05) is 52.9 Å². The number of ether oxygens (including phenoxy) is 13. The average Bonchev–Trinajstić information content (AvgIpc) is 0.797. The molecule has 133 heavy (non-hydrogen) atoms. The molecule has 1 aromatic rings. The Bertz CT molecular complexity index is 3830. The molecule has 16 atom stereocenters. The Morgan fingerprint density at radius 3 is 0.992 bits per heavy atom. The lowest BCUT2D eigenvalue weighted by Gasteiger charge is -2.45. The van der Waals surface area contributed by atoms with Crippen LogP contribution in [0.2, 0.25) is 0 Å². The first kappa shape index (κ1) is 115. The van der Waals surface area contributed by atoms with Gasteiger partial charge < -0.3 is 104 Å². The van der Waals surface area contributed by atoms with Crippen molar-refractivity contribution >= 4 is 101 Å². The third-order valence-electron chi connectivity index (χ3n) is 21.4. The van der Waals surface area contributed by atoms with Gasteiger partial charge in [0.15, 0.2) is 55.5 Å². The molecule has 0 bridgehead atoms. The molecule has 3 saturated heterocycles. The third-order valence-corrected chi connectivity index (χ3v) is 21.4. The third kappa shape index (κ3) is 43.5. The Hall–Kier alpha value is -10.0. The molecule has 752 valence electrons. The van der Waals surface area contributed by atoms with Crippen LogP contribution in [0.1, 0.15) is 263 Å². The number of carbonyl (C=O) groups excluding carboxylic acids is 17. The van der Waals surface area contributed by atoms with Gasteiger partial charge in [-0.3, -0.25) is 86.4 Å². The molecule has 3 fully saturated rings. The van der Waals surface area contributed by atoms with E-state index in [0.29, 0.717) is 89.9 Å². The molecular weight excluding hydrogens is 1770 g/mol. The van der Waals surface area contributed by atoms with Crippen molar-refractivity contribution in [2.75, 3.05) is 65.6 Å². The van der Waals surface area contributed by atoms with Crippen molar-refractivity contribution in [2.24, 2.45) is 0 Å². The molecule has 3 heterocycles. The van der Waals surface area contributed by atoms with E-state index in [4.69, 9.17) is 56.8 Å². The molecule has 8 N–H and O–H groups in total. The first-order valence-electron chi connectivity index (χ1n) is 45.7. The summed E-state index contributed by atoms with van der Waals surface area (Å²) >= 11 is 0. The number of unbranched alkanes of at least 4 members (excludes halogenated alkanes) is 9. The predicted molar refractivity (Wildman–Crippen MR) is 459 cm³/mol. The summed E-state index contributed by atoms with van der Waals surface area (Å²) in [6.45, 7) is 16.1. The van der Waals surface area contributed by atoms with Crippen molar-refractivity contribution in [1.82, 2.24) is 47.4 Å². The molecule has 8 amide bonds. The lowest BCUT2D eigenvalue weighted by atomic mass is 9.94. The highest BCUT2D eigenvalue weighted by Crippen LogP contribution is 2.35. The number of nitrogens with one attached hydrogen (secondary N) is 8. The number of amides is 8. The zero-order chi connectivity index (χ0) is 98.8. The minimum Gasteiger partial charge on any atom is -0.456 e. The lowest BCUT2D eigenvalue weighted by Crippen LogP contribution is -2.65. The van der Waals surface area contributed by atoms with Crippen LogP contribution in [0.5, 0.6) is 5.75 Å². The number of hydrogen-bond acceptors (Lipinski definition) is 31. The van der Waals surface area contributed by atoms with E-state index in [1.165, 1.54) is 67.2 Å². The second-order valence-electron chi connectivity index (χ2n) is 32.7. The molecule has 0 radical (unpaired) electrons. The zero-order valence-electron chi connectivity index (χ0n) is 78.2. The van der Waals surface area contributed by atoms with Crippen LogP contribution in [0.4, 0.5) is 22.0 Å². The maximum atomic E-state index is 14.6. The summed E-state index contributed by atoms with van der Waals surface area (Å²) in [4.78, 5) is 219. The number of esters is 7. The van der Waals surface area contributed by atoms with E-state index in [-0.39, 0.29) is 165 Å². The van der Waals surface area contributed by atoms with E-state index < -0.39 is 224 Å². The van der Waals surface area contributed by atoms with Crippen molar-refractivity contribution in [2.45, 2.75) is 361 Å². The quantitative estimate of drug-likeness (QED) is 0.00706. The molecule has 0 spiro atoms. The van der Waals surface area contributed by atoms with Gasteiger partial charge in [-0.25, -0.2) is 13.2 Å². The SMILES string of the molecule is CCC1OC(OCCCCCC(=O)NCCCCC(=O)CN(CC(=O)NCCCNC(=O)CCCCCOC2OC(CC)C(OC(C)=O)C(OC(C)=O)C2NC(C)=O)C(CCCCCC(=O)CCCC(=O)Oc2c(F)c(F)c(F)c(F)c2F)C(=O)NCCCNC(=O)CCCCCOC2OC(CC)C(OC(C)=O)C(OC(C)=O)C2NC(C)=O)C(NC(C)=O)C(OC(C)=O)C1OC(C)=O. The van der Waals surface area contributed by atoms with Crippen LogP contribution >= 0.6 is 0 Å². The summed E-state index contributed by atoms with van der Waals surface area (Å²) in [7, 11) is 0. The minimum absolute atomic E-state index is 0.00426. The minimum atomic E-state index is -2.46. The van der Waals surface area contributed by atoms with E-state index in [2.05, 4.69) is 47.3 Å². The first-order chi connectivity index (χ1) is 63.2. The second-order valence-corrected chi connectivity index (χ2v) is 32.7. The van der Waals surface area contributed by atoms with Gasteiger partial charge in [-0.05, 0) is 103 Å². The van der Waals surface area contributed by atoms with E-state index in [1.54, 1.807) is 20.8 Å². The topological polar surface area (TPSA) is 510 Å². The van der Waals surface area contributed by atoms with Gasteiger partial charge >= 0.3 is 41.8 Å². The lowest BCUT2D eigenvalue weighted by molar-refractivity contribution is -0.272. The fraction of sp³-hybridized carbons (Fsp3) is 0.742. The molecule has 0 aromatic heterocycles. The Morgan fingerprint density at radius 1 is 0.323 bits per heavy atom. The molecule has 3 aliphatic rings. The van der Waals surface area contributed by atoms with Gasteiger partial charge in [0, 0.05) is 160 Å². The van der Waals surface area contributed by atoms with Gasteiger partial charge in [-0.15, -0.1) is 0 Å². The van der Waals surface area contributed by atoms with Gasteiger partial charge in [0.05, 0.1) is 19.1 Å². The van der Waals surface area contributed by atoms with Crippen molar-refractivity contribution in [1.29, 1.82) is 0 Å². The highest BCUT2D eigenvalue weighted by molar-refractivity contribution is 5.87. The molecule has 3 aliphatic heterocycles. The van der Waals surface area contributed by atoms with Gasteiger partial charge in [0.2, 0.25) is 82.1 Å². The molecule has 16 unspecified atom stereocenters. The van der Waals surface area contributed by atoms with Crippen molar-refractivity contribution in [3.63, 3.8) is 0 Å². The fourth-order valence-corrected chi connectivity index (χ4v) is 15.2. The van der Waals surface area contributed by atoms with Crippen LogP contribution in [-0.4, -0.2) is 269 Å². The van der Waals surface area contributed by atoms with Crippen molar-refractivity contribution < 1.29 is 165 Å². The number of benzene rings is 1. The highest BCUT2D eigenvalue weighted by Gasteiger charge is 2.54. The standard InChI is InChI=1S/C89H136F5N9O30/c1-13-63-79(124-54(7)107)83(127-57(10)110)76(100-51(4)104)87(130-63)121-46-27-17-22-37-66(115)95-41-26-25-34-61(114)49-103(50-69(118)98-44-31-42-96-67(116)38-23-18-28-47-122-88-77(101-52(5)105)84(128-58(11)111)80(125-55(8)108)64(14-2)131-88)62(36-21-16-20-33-60(113)35-30-40-70(119)133-82-74(93)72(91)71(90)73(92)75(82)94)86(120)99-45-32-43-97-68(117)39-24-19-29-48-123-89-78(102-53(6)106)85(129-59(12)112)81(126-56(9)109)65(15-3)132-89/h62-65,76-81,83-85,87-89H,13-50H2,1-12H3,(H,95,115)(H,96,116)(H,97,117)(H,98,118)(H,99,120)(H,100,104)(H,101,105)(H,102,106). The largest absolute Gasteiger partial charge is 0.456 e. The van der Waals surface area contributed by atoms with Gasteiger partial charge in [0.25, 0.3) is 0 Å². The van der Waals surface area contributed by atoms with Gasteiger partial charge in [0.1, 0.15) is 48.0 Å². The summed E-state index contributed by atoms with van der Waals surface area (Å²) in [6, 6.07) is -4.28. The normalized spacial score (nSPS) is 21.7. The summed E-state index contributed by atoms with van der Waals surface area (Å²) in [5.41, 5.74) is 0. The van der Waals surface area contributed by atoms with Crippen LogP contribution in [0.15, 0.2) is 0 Å². The number of ketones is 2. The number of Topliss-reactive ketones (excluding diaryl/α,β-unsaturated/α-hetero) is 2. The number of carbonyl (C=O) groups is 17. The maximum absolute atomic E-state index is 14.6. The Balaban J connectivity index is 1.42. The van der Waals surface area contributed by atoms with Gasteiger partial charge in [-0.2, -0.15) is 8.78 Å². The smallest absolute Gasteiger partial charge is 0.311 e. The number of rotatable bonds is 63. The number of nitrogens with zero attached hydrogens (tertiary/aromatic N) is 1. The van der Waals surface area contributed by atoms with Crippen LogP contribution in [-0.2, 0) is 138 Å². The fourth-order valence-electron chi connectivity index (χ4n) is 15.2. The molecule has 4 rings (SSSR count). The summed E-state index contributed by atoms with van der Waals surface area (Å²) in [5.74, 6) is -23.3. The van der Waals surface area contributed by atoms with E-state index in [1.807, 2.05) is 0 Å². The van der Waals surface area contributed by atoms with Crippen LogP contribution in [0.3, 0.4) is 0 Å². The van der Waals surface area contributed by atoms with E-state index in [9.17, 15) is 103 Å². The van der Waals surface area contributed by atoms with E-state index in [0.717, 1.165) is 0 Å². The summed E-state index contributed by atoms with van der Waals surface area (Å²) in [5, 5.41) is 22.2. The van der Waals surface area contributed by atoms with Crippen LogP contribution in [0.25, 0.3) is 0 Å². The Labute approximate surface area is 771 Å². The van der Waals surface area contributed by atoms with E-state index >= 15 is 0 Å². The predicted octanol–water partition coefficient (Wildman–Crippen LogP) is 5.99. The molecular formula is C89H136F5N9O30. The van der Waals surface area contributed by atoms with Crippen LogP contribution < -0.4 is 47.3 Å². The van der Waals surface area contributed by atoms with Crippen molar-refractivity contribution in [3.8, 4) is 5.75 Å². The first-order valence-corrected chi connectivity index (χ1v) is 45.7. The Kier molecular flexibility index (Phi) is 54.2. The Morgan fingerprint density at radius 2 is 0.632 bits per heavy atom. The zero-order valence-corrected chi connectivity index (χ0v) is 78.2. The number of hydrogen-bond donors (Lipinski definition) is 8. The van der Waals surface area contributed by atoms with Crippen molar-refractivity contribution in [3.05, 3.63) is 29.1 Å². The molecule has 1 aromatic carbocycles. The molecule has 39 nitrogen and oxygen atoms in total. The second kappa shape index (κ2) is 62.5. The maximum Gasteiger partial charge on any atom is 0.311 e. The highest BCUT2D eigenvalue weighted by atomic mass is 19.2. The molecule has 44 heteroatoms. The number of halogens is 5. The molecule has 0 saturated carbocycles. The summed E-state index contributed by atoms with van der Waals surface area (Å²) < 4.78 is 144. The molecule has 0 aliphatic carbocycles.